The highest BCUT2D eigenvalue weighted by Gasteiger charge is 2.33. The van der Waals surface area contributed by atoms with Gasteiger partial charge >= 0.3 is 0 Å². The van der Waals surface area contributed by atoms with E-state index in [-0.39, 0.29) is 23.0 Å². The van der Waals surface area contributed by atoms with Crippen LogP contribution >= 0.6 is 0 Å². The molecule has 0 bridgehead atoms. The van der Waals surface area contributed by atoms with Crippen LogP contribution in [0, 0.1) is 0 Å². The van der Waals surface area contributed by atoms with Crippen LogP contribution in [0.15, 0.2) is 40.6 Å². The Balaban J connectivity index is 2.06. The van der Waals surface area contributed by atoms with E-state index in [1.165, 1.54) is 29.0 Å². The van der Waals surface area contributed by atoms with Crippen molar-refractivity contribution in [3.63, 3.8) is 0 Å². The van der Waals surface area contributed by atoms with E-state index in [4.69, 9.17) is 0 Å². The maximum Gasteiger partial charge on any atom is 0.283 e. The van der Waals surface area contributed by atoms with Gasteiger partial charge in [-0.3, -0.25) is 4.31 Å². The maximum absolute atomic E-state index is 12.8. The van der Waals surface area contributed by atoms with Crippen LogP contribution in [0.5, 0.6) is 0 Å². The molecule has 1 aliphatic heterocycles. The lowest BCUT2D eigenvalue weighted by Gasteiger charge is -2.18. The molecule has 10 heteroatoms. The third-order valence-corrected chi connectivity index (χ3v) is 7.03. The van der Waals surface area contributed by atoms with Gasteiger partial charge in [-0.1, -0.05) is 13.0 Å². The minimum absolute atomic E-state index is 0.0474. The number of nitrogens with zero attached hydrogens (tertiary/aromatic N) is 3. The summed E-state index contributed by atoms with van der Waals surface area (Å²) in [6.07, 6.45) is 3.37. The predicted molar refractivity (Wildman–Crippen MR) is 88.7 cm³/mol. The van der Waals surface area contributed by atoms with E-state index < -0.39 is 20.0 Å². The fraction of sp³-hybridized carbons (Fsp3) is 0.357. The second-order valence-electron chi connectivity index (χ2n) is 5.50. The van der Waals surface area contributed by atoms with Crippen LogP contribution < -0.4 is 9.03 Å². The molecule has 0 aliphatic carbocycles. The van der Waals surface area contributed by atoms with Crippen LogP contribution in [0.1, 0.15) is 12.5 Å². The van der Waals surface area contributed by atoms with Gasteiger partial charge in [0.2, 0.25) is 10.0 Å². The number of hydrogen-bond donors (Lipinski definition) is 1. The number of hydrogen-bond acceptors (Lipinski definition) is 5. The quantitative estimate of drug-likeness (QED) is 0.824. The summed E-state index contributed by atoms with van der Waals surface area (Å²) in [7, 11) is -5.79. The van der Waals surface area contributed by atoms with Crippen molar-refractivity contribution in [2.24, 2.45) is 7.05 Å². The molecule has 0 spiro atoms. The fourth-order valence-corrected chi connectivity index (χ4v) is 5.18. The van der Waals surface area contributed by atoms with E-state index in [2.05, 4.69) is 9.71 Å². The van der Waals surface area contributed by atoms with Crippen molar-refractivity contribution in [1.29, 1.82) is 0 Å². The summed E-state index contributed by atoms with van der Waals surface area (Å²) in [5.41, 5.74) is 1.18. The Kier molecular flexibility index (Phi) is 4.14. The van der Waals surface area contributed by atoms with E-state index in [1.807, 2.05) is 0 Å². The molecular formula is C14H18N4O4S2. The van der Waals surface area contributed by atoms with Gasteiger partial charge in [0.15, 0.2) is 5.03 Å². The third kappa shape index (κ3) is 2.80. The molecule has 2 aromatic rings. The molecule has 0 atom stereocenters. The Hall–Kier alpha value is -1.91. The van der Waals surface area contributed by atoms with Crippen molar-refractivity contribution in [3.05, 3.63) is 36.3 Å². The first-order chi connectivity index (χ1) is 11.3. The third-order valence-electron chi connectivity index (χ3n) is 3.79. The maximum atomic E-state index is 12.8. The van der Waals surface area contributed by atoms with Gasteiger partial charge in [-0.2, -0.15) is 8.42 Å². The number of nitrogens with one attached hydrogen (secondary N) is 1. The molecule has 1 aromatic carbocycles. The summed E-state index contributed by atoms with van der Waals surface area (Å²) >= 11 is 0. The number of aryl methyl sites for hydroxylation is 1. The molecule has 0 radical (unpaired) electrons. The molecule has 1 aliphatic rings. The molecule has 1 aromatic heterocycles. The van der Waals surface area contributed by atoms with E-state index in [0.717, 1.165) is 5.56 Å². The summed E-state index contributed by atoms with van der Waals surface area (Å²) in [6.45, 7) is 2.21. The Bertz CT molecular complexity index is 980. The van der Waals surface area contributed by atoms with Crippen molar-refractivity contribution < 1.29 is 16.8 Å². The number of aromatic nitrogens is 2. The van der Waals surface area contributed by atoms with Crippen LogP contribution in [0.2, 0.25) is 0 Å². The molecule has 3 rings (SSSR count). The van der Waals surface area contributed by atoms with E-state index in [9.17, 15) is 16.8 Å². The largest absolute Gasteiger partial charge is 0.339 e. The van der Waals surface area contributed by atoms with Crippen LogP contribution in [-0.2, 0) is 33.5 Å². The molecule has 8 nitrogen and oxygen atoms in total. The number of rotatable bonds is 5. The summed E-state index contributed by atoms with van der Waals surface area (Å²) in [5.74, 6) is 0. The lowest BCUT2D eigenvalue weighted by atomic mass is 10.2. The van der Waals surface area contributed by atoms with Crippen molar-refractivity contribution in [3.8, 4) is 0 Å². The van der Waals surface area contributed by atoms with Crippen LogP contribution in [0.4, 0.5) is 5.69 Å². The molecule has 130 valence electrons. The second-order valence-corrected chi connectivity index (χ2v) is 9.07. The summed E-state index contributed by atoms with van der Waals surface area (Å²) < 4.78 is 55.1. The molecule has 2 heterocycles. The highest BCUT2D eigenvalue weighted by Crippen LogP contribution is 2.34. The van der Waals surface area contributed by atoms with Crippen molar-refractivity contribution in [2.45, 2.75) is 23.3 Å². The van der Waals surface area contributed by atoms with Gasteiger partial charge in [0.1, 0.15) is 0 Å². The molecule has 0 amide bonds. The molecule has 0 fully saturated rings. The van der Waals surface area contributed by atoms with Gasteiger partial charge in [-0.05, 0) is 24.1 Å². The van der Waals surface area contributed by atoms with Gasteiger partial charge < -0.3 is 4.57 Å². The number of benzene rings is 1. The number of anilines is 1. The van der Waals surface area contributed by atoms with Crippen LogP contribution in [0.25, 0.3) is 0 Å². The summed E-state index contributed by atoms with van der Waals surface area (Å²) in [6, 6.07) is 4.56. The number of fused-ring (bicyclic) bond motifs is 1. The molecule has 0 saturated carbocycles. The lowest BCUT2D eigenvalue weighted by Crippen LogP contribution is -2.29. The van der Waals surface area contributed by atoms with E-state index in [1.54, 1.807) is 24.6 Å². The number of sulfonamides is 2. The first-order valence-corrected chi connectivity index (χ1v) is 10.3. The van der Waals surface area contributed by atoms with Crippen LogP contribution in [0.3, 0.4) is 0 Å². The van der Waals surface area contributed by atoms with Gasteiger partial charge in [0.25, 0.3) is 10.0 Å². The lowest BCUT2D eigenvalue weighted by molar-refractivity contribution is 0.582. The van der Waals surface area contributed by atoms with Gasteiger partial charge in [-0.15, -0.1) is 0 Å². The molecule has 1 N–H and O–H groups in total. The zero-order valence-electron chi connectivity index (χ0n) is 13.3. The fourth-order valence-electron chi connectivity index (χ4n) is 2.65. The summed E-state index contributed by atoms with van der Waals surface area (Å²) in [4.78, 5) is 3.96. The Morgan fingerprint density at radius 2 is 2.00 bits per heavy atom. The van der Waals surface area contributed by atoms with Gasteiger partial charge in [0.05, 0.1) is 16.9 Å². The predicted octanol–water partition coefficient (Wildman–Crippen LogP) is 0.470. The monoisotopic (exact) mass is 370 g/mol. The van der Waals surface area contributed by atoms with Crippen molar-refractivity contribution in [2.75, 3.05) is 17.4 Å². The first kappa shape index (κ1) is 16.9. The normalized spacial score (nSPS) is 14.8. The number of imidazole rings is 1. The molecule has 24 heavy (non-hydrogen) atoms. The Morgan fingerprint density at radius 3 is 2.62 bits per heavy atom. The van der Waals surface area contributed by atoms with Crippen molar-refractivity contribution in [1.82, 2.24) is 14.3 Å². The first-order valence-electron chi connectivity index (χ1n) is 7.39. The van der Waals surface area contributed by atoms with E-state index >= 15 is 0 Å². The van der Waals surface area contributed by atoms with Gasteiger partial charge in [-0.25, -0.2) is 18.1 Å². The van der Waals surface area contributed by atoms with Crippen molar-refractivity contribution >= 4 is 25.7 Å². The van der Waals surface area contributed by atoms with E-state index in [0.29, 0.717) is 12.1 Å². The second kappa shape index (κ2) is 5.87. The minimum Gasteiger partial charge on any atom is -0.339 e. The average molecular weight is 370 g/mol. The zero-order valence-corrected chi connectivity index (χ0v) is 14.9. The summed E-state index contributed by atoms with van der Waals surface area (Å²) in [5, 5.41) is -0.0576. The smallest absolute Gasteiger partial charge is 0.283 e. The Labute approximate surface area is 141 Å². The zero-order chi connectivity index (χ0) is 17.5. The SMILES string of the molecule is CCNS(=O)(=O)c1ccc2c(c1)N(S(=O)(=O)c1cn(C)cn1)CC2. The Morgan fingerprint density at radius 1 is 1.25 bits per heavy atom. The highest BCUT2D eigenvalue weighted by molar-refractivity contribution is 7.92. The molecular weight excluding hydrogens is 352 g/mol. The van der Waals surface area contributed by atoms with Crippen LogP contribution in [-0.4, -0.2) is 39.5 Å². The standard InChI is InChI=1S/C14H18N4O4S2/c1-3-16-23(19,20)12-5-4-11-6-7-18(13(11)8-12)24(21,22)14-9-17(2)10-15-14/h4-5,8-10,16H,3,6-7H2,1-2H3. The minimum atomic E-state index is -3.82. The highest BCUT2D eigenvalue weighted by atomic mass is 32.2. The molecule has 0 unspecified atom stereocenters. The topological polar surface area (TPSA) is 101 Å². The molecule has 0 saturated heterocycles. The average Bonchev–Trinajstić information content (AvgIpc) is 3.13. The van der Waals surface area contributed by atoms with Gasteiger partial charge in [0, 0.05) is 26.3 Å².